The maximum Gasteiger partial charge on any atom is 0.354 e. The highest BCUT2D eigenvalue weighted by Gasteiger charge is 2.18. The fourth-order valence-electron chi connectivity index (χ4n) is 4.54. The van der Waals surface area contributed by atoms with Gasteiger partial charge in [-0.3, -0.25) is 9.98 Å². The van der Waals surface area contributed by atoms with Crippen molar-refractivity contribution in [3.05, 3.63) is 81.1 Å². The minimum atomic E-state index is -0.519. The van der Waals surface area contributed by atoms with Crippen LogP contribution in [-0.4, -0.2) is 39.5 Å². The zero-order chi connectivity index (χ0) is 29.7. The number of aryl methyl sites for hydroxylation is 1. The first-order valence-corrected chi connectivity index (χ1v) is 14.3. The number of hydrogen-bond donors (Lipinski definition) is 5. The molecule has 41 heavy (non-hydrogen) atoms. The fraction of sp³-hybridized carbons (Fsp3) is 0.387. The Morgan fingerprint density at radius 2 is 1.95 bits per heavy atom. The second kappa shape index (κ2) is 13.0. The van der Waals surface area contributed by atoms with E-state index in [0.29, 0.717) is 53.3 Å². The topological polar surface area (TPSA) is 125 Å². The van der Waals surface area contributed by atoms with E-state index in [9.17, 15) is 4.79 Å². The van der Waals surface area contributed by atoms with E-state index >= 15 is 4.39 Å². The number of halogens is 2. The van der Waals surface area contributed by atoms with Crippen molar-refractivity contribution in [3.63, 3.8) is 0 Å². The number of nitrogens with one attached hydrogen (secondary N) is 4. The van der Waals surface area contributed by atoms with Crippen LogP contribution in [-0.2, 0) is 13.0 Å². The number of fused-ring (bicyclic) bond motifs is 1. The van der Waals surface area contributed by atoms with Crippen LogP contribution in [0.15, 0.2) is 53.5 Å². The molecule has 1 unspecified atom stereocenters. The molecule has 0 spiro atoms. The van der Waals surface area contributed by atoms with Crippen molar-refractivity contribution in [2.24, 2.45) is 11.1 Å². The summed E-state index contributed by atoms with van der Waals surface area (Å²) in [6.45, 7) is 10.0. The number of benzene rings is 2. The lowest BCUT2D eigenvalue weighted by atomic mass is 9.86. The summed E-state index contributed by atoms with van der Waals surface area (Å²) in [6, 6.07) is 13.3. The van der Waals surface area contributed by atoms with Crippen molar-refractivity contribution in [1.29, 1.82) is 5.41 Å². The lowest BCUT2D eigenvalue weighted by Gasteiger charge is -2.22. The molecule has 0 radical (unpaired) electrons. The van der Waals surface area contributed by atoms with Crippen molar-refractivity contribution in [2.45, 2.75) is 59.5 Å². The highest BCUT2D eigenvalue weighted by molar-refractivity contribution is 6.31. The summed E-state index contributed by atoms with van der Waals surface area (Å²) in [6.07, 6.45) is 4.17. The third kappa shape index (κ3) is 7.81. The Bertz CT molecular complexity index is 1580. The molecule has 8 nitrogen and oxygen atoms in total. The molecule has 6 N–H and O–H groups in total. The van der Waals surface area contributed by atoms with E-state index in [1.807, 2.05) is 24.3 Å². The monoisotopic (exact) mass is 579 g/mol. The summed E-state index contributed by atoms with van der Waals surface area (Å²) in [7, 11) is 0. The first-order valence-electron chi connectivity index (χ1n) is 13.9. The second-order valence-corrected chi connectivity index (χ2v) is 11.9. The standard InChI is InChI=1S/C31H39ClFN7O/c1-19(10-12-36-20(2)35)37-16-21-5-7-24(8-6-21)40-17-23-15-27(38-29(23)39-30(40)41)25-13-22(14-26(32)28(25)33)9-11-31(3,4)18-34/h5-8,13-15,17,19,37H,9-12,16,18,34H2,1-4H3,(H2,35,36)(H,38,39,41). The normalized spacial score (nSPS) is 12.6. The van der Waals surface area contributed by atoms with Crippen LogP contribution in [0.25, 0.3) is 28.0 Å². The molecule has 0 aliphatic carbocycles. The van der Waals surface area contributed by atoms with E-state index in [2.05, 4.69) is 41.4 Å². The Balaban J connectivity index is 1.52. The molecule has 2 aromatic carbocycles. The number of aromatic nitrogens is 3. The van der Waals surface area contributed by atoms with Crippen molar-refractivity contribution in [1.82, 2.24) is 25.2 Å². The summed E-state index contributed by atoms with van der Waals surface area (Å²) in [5.41, 5.74) is 9.33. The Kier molecular flexibility index (Phi) is 9.63. The molecule has 4 rings (SSSR count). The second-order valence-electron chi connectivity index (χ2n) is 11.5. The summed E-state index contributed by atoms with van der Waals surface area (Å²) in [5.74, 6) is -0.0505. The molecular formula is C31H39ClFN7O. The van der Waals surface area contributed by atoms with Gasteiger partial charge in [0.05, 0.1) is 22.2 Å². The number of nitrogens with two attached hydrogens (primary N) is 1. The maximum absolute atomic E-state index is 15.1. The van der Waals surface area contributed by atoms with Crippen LogP contribution in [0.4, 0.5) is 4.39 Å². The van der Waals surface area contributed by atoms with Gasteiger partial charge in [-0.25, -0.2) is 9.18 Å². The number of rotatable bonds is 12. The molecule has 0 bridgehead atoms. The van der Waals surface area contributed by atoms with Crippen molar-refractivity contribution in [3.8, 4) is 16.9 Å². The summed E-state index contributed by atoms with van der Waals surface area (Å²) in [4.78, 5) is 20.2. The first kappa shape index (κ1) is 30.4. The molecule has 4 aromatic rings. The smallest absolute Gasteiger partial charge is 0.354 e. The van der Waals surface area contributed by atoms with E-state index < -0.39 is 11.5 Å². The van der Waals surface area contributed by atoms with Gasteiger partial charge in [0.15, 0.2) is 5.82 Å². The quantitative estimate of drug-likeness (QED) is 0.111. The molecule has 0 aliphatic heterocycles. The average Bonchev–Trinajstić information content (AvgIpc) is 3.34. The predicted molar refractivity (Wildman–Crippen MR) is 166 cm³/mol. The van der Waals surface area contributed by atoms with E-state index in [0.717, 1.165) is 30.5 Å². The third-order valence-electron chi connectivity index (χ3n) is 7.37. The summed E-state index contributed by atoms with van der Waals surface area (Å²) >= 11 is 6.27. The van der Waals surface area contributed by atoms with Crippen molar-refractivity contribution in [2.75, 3.05) is 13.1 Å². The SMILES string of the molecule is CC(=N)NCCC(C)NCc1ccc(-n2cc3cc(-c4cc(CCC(C)(C)CN)cc(Cl)c4F)[nH]c3nc2=O)cc1. The van der Waals surface area contributed by atoms with Gasteiger partial charge in [-0.2, -0.15) is 4.98 Å². The highest BCUT2D eigenvalue weighted by Crippen LogP contribution is 2.32. The largest absolute Gasteiger partial charge is 0.374 e. The van der Waals surface area contributed by atoms with Gasteiger partial charge in [0.25, 0.3) is 0 Å². The van der Waals surface area contributed by atoms with Crippen LogP contribution in [0.3, 0.4) is 0 Å². The number of aromatic amines is 1. The lowest BCUT2D eigenvalue weighted by Crippen LogP contribution is -2.31. The Hall–Kier alpha value is -3.53. The minimum Gasteiger partial charge on any atom is -0.374 e. The van der Waals surface area contributed by atoms with Crippen LogP contribution in [0.2, 0.25) is 5.02 Å². The Morgan fingerprint density at radius 3 is 2.63 bits per heavy atom. The van der Waals surface area contributed by atoms with Gasteiger partial charge in [0.1, 0.15) is 5.65 Å². The molecule has 0 fully saturated rings. The van der Waals surface area contributed by atoms with Gasteiger partial charge < -0.3 is 21.4 Å². The van der Waals surface area contributed by atoms with Crippen LogP contribution in [0, 0.1) is 16.6 Å². The summed E-state index contributed by atoms with van der Waals surface area (Å²) < 4.78 is 16.6. The van der Waals surface area contributed by atoms with Gasteiger partial charge >= 0.3 is 5.69 Å². The van der Waals surface area contributed by atoms with Gasteiger partial charge in [-0.05, 0) is 86.5 Å². The Morgan fingerprint density at radius 1 is 1.22 bits per heavy atom. The van der Waals surface area contributed by atoms with Crippen LogP contribution in [0.5, 0.6) is 0 Å². The zero-order valence-electron chi connectivity index (χ0n) is 24.1. The summed E-state index contributed by atoms with van der Waals surface area (Å²) in [5, 5.41) is 14.7. The molecule has 2 heterocycles. The van der Waals surface area contributed by atoms with Gasteiger partial charge in [-0.1, -0.05) is 37.6 Å². The molecular weight excluding hydrogens is 541 g/mol. The molecule has 0 saturated heterocycles. The molecule has 10 heteroatoms. The number of H-pyrrole nitrogens is 1. The van der Waals surface area contributed by atoms with Gasteiger partial charge in [0.2, 0.25) is 0 Å². The van der Waals surface area contributed by atoms with Gasteiger partial charge in [-0.15, -0.1) is 0 Å². The van der Waals surface area contributed by atoms with E-state index in [1.54, 1.807) is 31.3 Å². The van der Waals surface area contributed by atoms with E-state index in [-0.39, 0.29) is 16.5 Å². The number of amidine groups is 1. The fourth-order valence-corrected chi connectivity index (χ4v) is 4.78. The molecule has 0 amide bonds. The first-order chi connectivity index (χ1) is 19.5. The van der Waals surface area contributed by atoms with Crippen molar-refractivity contribution < 1.29 is 4.39 Å². The maximum atomic E-state index is 15.1. The van der Waals surface area contributed by atoms with Crippen LogP contribution in [0.1, 0.15) is 51.7 Å². The van der Waals surface area contributed by atoms with E-state index in [4.69, 9.17) is 22.7 Å². The van der Waals surface area contributed by atoms with E-state index in [1.165, 1.54) is 4.57 Å². The lowest BCUT2D eigenvalue weighted by molar-refractivity contribution is 0.348. The number of nitrogens with zero attached hydrogens (tertiary/aromatic N) is 2. The molecule has 2 aromatic heterocycles. The van der Waals surface area contributed by atoms with Crippen molar-refractivity contribution >= 4 is 28.5 Å². The average molecular weight is 580 g/mol. The highest BCUT2D eigenvalue weighted by atomic mass is 35.5. The van der Waals surface area contributed by atoms with Crippen LogP contribution < -0.4 is 22.1 Å². The zero-order valence-corrected chi connectivity index (χ0v) is 24.8. The minimum absolute atomic E-state index is 0.0319. The predicted octanol–water partition coefficient (Wildman–Crippen LogP) is 5.55. The molecule has 218 valence electrons. The third-order valence-corrected chi connectivity index (χ3v) is 7.64. The Labute approximate surface area is 245 Å². The molecule has 0 aliphatic rings. The molecule has 0 saturated carbocycles. The van der Waals surface area contributed by atoms with Crippen LogP contribution >= 0.6 is 11.6 Å². The number of hydrogen-bond acceptors (Lipinski definition) is 5. The molecule has 1 atom stereocenters. The van der Waals surface area contributed by atoms with Gasteiger partial charge in [0, 0.05) is 36.3 Å².